The number of methoxy groups -OCH3 is 2. The van der Waals surface area contributed by atoms with Crippen LogP contribution in [0.25, 0.3) is 0 Å². The van der Waals surface area contributed by atoms with Crippen LogP contribution in [0.5, 0.6) is 0 Å². The standard InChI is InChI=1S/C20H22ClNO4/c1-12-6-8-16(13(2)10-12)22(17-9-7-15(21)11-14(17)3)18(19(23)25-4)20(24)26-5/h6-11,18H,1-5H3. The molecule has 0 aliphatic carbocycles. The monoisotopic (exact) mass is 375 g/mol. The van der Waals surface area contributed by atoms with Crippen molar-refractivity contribution in [1.29, 1.82) is 0 Å². The smallest absolute Gasteiger partial charge is 0.340 e. The third kappa shape index (κ3) is 3.99. The minimum Gasteiger partial charge on any atom is -0.467 e. The third-order valence-electron chi connectivity index (χ3n) is 4.14. The van der Waals surface area contributed by atoms with Gasteiger partial charge in [-0.2, -0.15) is 0 Å². The van der Waals surface area contributed by atoms with E-state index in [1.54, 1.807) is 23.1 Å². The van der Waals surface area contributed by atoms with Gasteiger partial charge in [-0.05, 0) is 56.2 Å². The number of hydrogen-bond acceptors (Lipinski definition) is 5. The molecule has 0 radical (unpaired) electrons. The lowest BCUT2D eigenvalue weighted by Crippen LogP contribution is -2.46. The van der Waals surface area contributed by atoms with Gasteiger partial charge in [0.1, 0.15) is 0 Å². The number of nitrogens with zero attached hydrogens (tertiary/aromatic N) is 1. The van der Waals surface area contributed by atoms with E-state index in [0.29, 0.717) is 16.4 Å². The van der Waals surface area contributed by atoms with Crippen LogP contribution in [0.4, 0.5) is 11.4 Å². The van der Waals surface area contributed by atoms with Crippen molar-refractivity contribution >= 4 is 34.9 Å². The summed E-state index contributed by atoms with van der Waals surface area (Å²) in [7, 11) is 2.49. The van der Waals surface area contributed by atoms with Crippen molar-refractivity contribution in [3.05, 3.63) is 58.1 Å². The molecule has 2 aromatic rings. The molecule has 0 aliphatic rings. The van der Waals surface area contributed by atoms with Gasteiger partial charge in [-0.1, -0.05) is 29.3 Å². The number of aryl methyl sites for hydroxylation is 3. The van der Waals surface area contributed by atoms with Crippen molar-refractivity contribution in [2.75, 3.05) is 19.1 Å². The summed E-state index contributed by atoms with van der Waals surface area (Å²) >= 11 is 6.08. The molecule has 5 nitrogen and oxygen atoms in total. The third-order valence-corrected chi connectivity index (χ3v) is 4.37. The topological polar surface area (TPSA) is 55.8 Å². The zero-order valence-corrected chi connectivity index (χ0v) is 16.3. The second-order valence-electron chi connectivity index (χ2n) is 6.04. The number of hydrogen-bond donors (Lipinski definition) is 0. The van der Waals surface area contributed by atoms with Crippen molar-refractivity contribution in [1.82, 2.24) is 0 Å². The number of carbonyl (C=O) groups excluding carboxylic acids is 2. The van der Waals surface area contributed by atoms with Crippen LogP contribution in [-0.4, -0.2) is 32.2 Å². The van der Waals surface area contributed by atoms with Gasteiger partial charge >= 0.3 is 11.9 Å². The number of anilines is 2. The van der Waals surface area contributed by atoms with Crippen LogP contribution in [0.1, 0.15) is 16.7 Å². The van der Waals surface area contributed by atoms with Crippen LogP contribution in [-0.2, 0) is 19.1 Å². The molecular formula is C20H22ClNO4. The van der Waals surface area contributed by atoms with Gasteiger partial charge in [-0.15, -0.1) is 0 Å². The number of halogens is 1. The van der Waals surface area contributed by atoms with Crippen LogP contribution >= 0.6 is 11.6 Å². The van der Waals surface area contributed by atoms with Gasteiger partial charge < -0.3 is 14.4 Å². The van der Waals surface area contributed by atoms with E-state index >= 15 is 0 Å². The van der Waals surface area contributed by atoms with Crippen molar-refractivity contribution in [2.24, 2.45) is 0 Å². The average molecular weight is 376 g/mol. The Labute approximate surface area is 158 Å². The lowest BCUT2D eigenvalue weighted by molar-refractivity contribution is -0.153. The summed E-state index contributed by atoms with van der Waals surface area (Å²) < 4.78 is 9.76. The second-order valence-corrected chi connectivity index (χ2v) is 6.48. The summed E-state index contributed by atoms with van der Waals surface area (Å²) in [5.74, 6) is -1.41. The highest BCUT2D eigenvalue weighted by atomic mass is 35.5. The van der Waals surface area contributed by atoms with Crippen LogP contribution in [0, 0.1) is 20.8 Å². The van der Waals surface area contributed by atoms with E-state index in [-0.39, 0.29) is 0 Å². The van der Waals surface area contributed by atoms with Crippen molar-refractivity contribution in [3.8, 4) is 0 Å². The molecule has 6 heteroatoms. The molecule has 2 aromatic carbocycles. The highest BCUT2D eigenvalue weighted by Gasteiger charge is 2.37. The Morgan fingerprint density at radius 2 is 1.38 bits per heavy atom. The summed E-state index contributed by atoms with van der Waals surface area (Å²) in [5.41, 5.74) is 4.18. The summed E-state index contributed by atoms with van der Waals surface area (Å²) in [6, 6.07) is 9.77. The summed E-state index contributed by atoms with van der Waals surface area (Å²) in [6.07, 6.45) is 0. The van der Waals surface area contributed by atoms with Crippen molar-refractivity contribution in [3.63, 3.8) is 0 Å². The molecule has 138 valence electrons. The minimum absolute atomic E-state index is 0.569. The highest BCUT2D eigenvalue weighted by Crippen LogP contribution is 2.35. The molecule has 0 aromatic heterocycles. The zero-order valence-electron chi connectivity index (χ0n) is 15.5. The maximum atomic E-state index is 12.5. The normalized spacial score (nSPS) is 10.6. The summed E-state index contributed by atoms with van der Waals surface area (Å²) in [4.78, 5) is 26.6. The Kier molecular flexibility index (Phi) is 6.27. The maximum Gasteiger partial charge on any atom is 0.340 e. The first-order chi connectivity index (χ1) is 12.3. The fourth-order valence-corrected chi connectivity index (χ4v) is 3.13. The van der Waals surface area contributed by atoms with E-state index in [0.717, 1.165) is 16.7 Å². The number of esters is 2. The Morgan fingerprint density at radius 1 is 0.885 bits per heavy atom. The highest BCUT2D eigenvalue weighted by molar-refractivity contribution is 6.30. The molecule has 0 saturated heterocycles. The van der Waals surface area contributed by atoms with Gasteiger partial charge in [0.15, 0.2) is 0 Å². The number of carbonyl (C=O) groups is 2. The van der Waals surface area contributed by atoms with Crippen LogP contribution in [0.3, 0.4) is 0 Å². The SMILES string of the molecule is COC(=O)C(C(=O)OC)N(c1ccc(C)cc1C)c1ccc(Cl)cc1C. The Hall–Kier alpha value is -2.53. The lowest BCUT2D eigenvalue weighted by atomic mass is 10.0. The maximum absolute atomic E-state index is 12.5. The van der Waals surface area contributed by atoms with Gasteiger partial charge in [0.05, 0.1) is 14.2 Å². The fourth-order valence-electron chi connectivity index (χ4n) is 2.90. The van der Waals surface area contributed by atoms with Gasteiger partial charge in [0.25, 0.3) is 0 Å². The molecule has 0 N–H and O–H groups in total. The number of benzene rings is 2. The van der Waals surface area contributed by atoms with Crippen molar-refractivity contribution in [2.45, 2.75) is 26.8 Å². The minimum atomic E-state index is -1.27. The molecule has 26 heavy (non-hydrogen) atoms. The van der Waals surface area contributed by atoms with Gasteiger partial charge in [-0.3, -0.25) is 0 Å². The largest absolute Gasteiger partial charge is 0.467 e. The van der Waals surface area contributed by atoms with E-state index in [4.69, 9.17) is 21.1 Å². The summed E-state index contributed by atoms with van der Waals surface area (Å²) in [5, 5.41) is 0.569. The van der Waals surface area contributed by atoms with E-state index < -0.39 is 18.0 Å². The Balaban J connectivity index is 2.75. The van der Waals surface area contributed by atoms with Gasteiger partial charge in [0.2, 0.25) is 6.04 Å². The molecule has 0 aliphatic heterocycles. The van der Waals surface area contributed by atoms with Gasteiger partial charge in [-0.25, -0.2) is 9.59 Å². The van der Waals surface area contributed by atoms with E-state index in [9.17, 15) is 9.59 Å². The molecule has 0 unspecified atom stereocenters. The Morgan fingerprint density at radius 3 is 1.85 bits per heavy atom. The predicted molar refractivity (Wildman–Crippen MR) is 102 cm³/mol. The van der Waals surface area contributed by atoms with E-state index in [1.807, 2.05) is 39.0 Å². The molecule has 0 bridgehead atoms. The first kappa shape index (κ1) is 19.8. The molecule has 0 spiro atoms. The van der Waals surface area contributed by atoms with Crippen LogP contribution in [0.15, 0.2) is 36.4 Å². The summed E-state index contributed by atoms with van der Waals surface area (Å²) in [6.45, 7) is 5.77. The average Bonchev–Trinajstić information content (AvgIpc) is 2.60. The predicted octanol–water partition coefficient (Wildman–Crippen LogP) is 4.12. The van der Waals surface area contributed by atoms with E-state index in [1.165, 1.54) is 14.2 Å². The fraction of sp³-hybridized carbons (Fsp3) is 0.300. The van der Waals surface area contributed by atoms with Crippen LogP contribution in [0.2, 0.25) is 5.02 Å². The molecule has 0 saturated carbocycles. The molecule has 0 heterocycles. The molecule has 0 amide bonds. The van der Waals surface area contributed by atoms with Gasteiger partial charge in [0, 0.05) is 16.4 Å². The Bertz CT molecular complexity index is 767. The van der Waals surface area contributed by atoms with E-state index in [2.05, 4.69) is 0 Å². The molecule has 0 fully saturated rings. The first-order valence-corrected chi connectivity index (χ1v) is 8.46. The molecule has 2 rings (SSSR count). The lowest BCUT2D eigenvalue weighted by Gasteiger charge is -2.32. The number of ether oxygens (including phenoxy) is 2. The van der Waals surface area contributed by atoms with Crippen LogP contribution < -0.4 is 4.90 Å². The first-order valence-electron chi connectivity index (χ1n) is 8.08. The quantitative estimate of drug-likeness (QED) is 0.581. The number of rotatable bonds is 5. The van der Waals surface area contributed by atoms with Crippen molar-refractivity contribution < 1.29 is 19.1 Å². The second kappa shape index (κ2) is 8.23. The molecule has 0 atom stereocenters. The molecular weight excluding hydrogens is 354 g/mol. The zero-order chi connectivity index (χ0) is 19.4.